The summed E-state index contributed by atoms with van der Waals surface area (Å²) in [5.41, 5.74) is 0. The molecule has 10 heavy (non-hydrogen) atoms. The first-order valence-corrected chi connectivity index (χ1v) is 2.66. The predicted octanol–water partition coefficient (Wildman–Crippen LogP) is 0.672. The normalized spacial score (nSPS) is 13.0. The van der Waals surface area contributed by atoms with E-state index in [1.807, 2.05) is 6.07 Å². The molecule has 0 aromatic carbocycles. The van der Waals surface area contributed by atoms with Crippen molar-refractivity contribution in [3.8, 4) is 12.3 Å². The standard InChI is InChI=1S/C6H7N3O/c1-5(3-7)6(10-2)9-4-8/h5H,1-2H3/b9-6+. The van der Waals surface area contributed by atoms with Crippen molar-refractivity contribution in [2.75, 3.05) is 7.11 Å². The van der Waals surface area contributed by atoms with Gasteiger partial charge in [-0.3, -0.25) is 0 Å². The van der Waals surface area contributed by atoms with Gasteiger partial charge < -0.3 is 4.74 Å². The van der Waals surface area contributed by atoms with E-state index in [1.54, 1.807) is 13.1 Å². The Kier molecular flexibility index (Phi) is 3.67. The second-order valence-electron chi connectivity index (χ2n) is 1.60. The molecule has 0 aliphatic heterocycles. The molecule has 0 aliphatic carbocycles. The zero-order valence-corrected chi connectivity index (χ0v) is 5.83. The molecule has 0 rings (SSSR count). The van der Waals surface area contributed by atoms with Crippen LogP contribution in [0.4, 0.5) is 0 Å². The molecule has 0 heterocycles. The van der Waals surface area contributed by atoms with Gasteiger partial charge in [0.1, 0.15) is 5.92 Å². The summed E-state index contributed by atoms with van der Waals surface area (Å²) in [5, 5.41) is 16.4. The molecule has 0 spiro atoms. The quantitative estimate of drug-likeness (QED) is 0.303. The maximum atomic E-state index is 8.34. The highest BCUT2D eigenvalue weighted by atomic mass is 16.5. The molecule has 0 aromatic rings. The zero-order chi connectivity index (χ0) is 7.98. The molecule has 4 heteroatoms. The summed E-state index contributed by atoms with van der Waals surface area (Å²) in [6.07, 6.45) is 1.55. The molecule has 0 bridgehead atoms. The predicted molar refractivity (Wildman–Crippen MR) is 34.8 cm³/mol. The number of nitrogens with zero attached hydrogens (tertiary/aromatic N) is 3. The first-order valence-electron chi connectivity index (χ1n) is 2.66. The van der Waals surface area contributed by atoms with Crippen molar-refractivity contribution in [3.05, 3.63) is 0 Å². The van der Waals surface area contributed by atoms with Gasteiger partial charge in [-0.05, 0) is 6.92 Å². The Morgan fingerprint density at radius 3 is 2.50 bits per heavy atom. The number of nitriles is 2. The van der Waals surface area contributed by atoms with Crippen molar-refractivity contribution in [3.63, 3.8) is 0 Å². The molecule has 0 saturated carbocycles. The van der Waals surface area contributed by atoms with E-state index in [0.29, 0.717) is 0 Å². The van der Waals surface area contributed by atoms with Crippen molar-refractivity contribution >= 4 is 5.90 Å². The molecule has 52 valence electrons. The van der Waals surface area contributed by atoms with E-state index in [2.05, 4.69) is 9.73 Å². The second kappa shape index (κ2) is 4.34. The van der Waals surface area contributed by atoms with Gasteiger partial charge in [-0.15, -0.1) is 4.99 Å². The third kappa shape index (κ3) is 2.15. The molecular formula is C6H7N3O. The second-order valence-corrected chi connectivity index (χ2v) is 1.60. The lowest BCUT2D eigenvalue weighted by molar-refractivity contribution is 0.382. The van der Waals surface area contributed by atoms with Crippen LogP contribution in [0.15, 0.2) is 4.99 Å². The Labute approximate surface area is 59.4 Å². The number of hydrogen-bond acceptors (Lipinski definition) is 4. The van der Waals surface area contributed by atoms with Crippen LogP contribution in [0, 0.1) is 28.7 Å². The van der Waals surface area contributed by atoms with Gasteiger partial charge in [-0.2, -0.15) is 10.5 Å². The van der Waals surface area contributed by atoms with Crippen LogP contribution in [0.3, 0.4) is 0 Å². The van der Waals surface area contributed by atoms with Crippen molar-refractivity contribution in [2.45, 2.75) is 6.92 Å². The highest BCUT2D eigenvalue weighted by Gasteiger charge is 2.08. The fraction of sp³-hybridized carbons (Fsp3) is 0.500. The van der Waals surface area contributed by atoms with E-state index in [-0.39, 0.29) is 5.90 Å². The van der Waals surface area contributed by atoms with Crippen molar-refractivity contribution in [1.29, 1.82) is 10.5 Å². The number of rotatable bonds is 1. The third-order valence-electron chi connectivity index (χ3n) is 0.933. The maximum Gasteiger partial charge on any atom is 0.216 e. The monoisotopic (exact) mass is 137 g/mol. The van der Waals surface area contributed by atoms with Crippen LogP contribution < -0.4 is 0 Å². The van der Waals surface area contributed by atoms with Gasteiger partial charge in [-0.1, -0.05) is 0 Å². The van der Waals surface area contributed by atoms with Crippen LogP contribution >= 0.6 is 0 Å². The maximum absolute atomic E-state index is 8.34. The van der Waals surface area contributed by atoms with Crippen LogP contribution in [0.5, 0.6) is 0 Å². The average Bonchev–Trinajstić information content (AvgIpc) is 1.99. The summed E-state index contributed by atoms with van der Waals surface area (Å²) >= 11 is 0. The molecule has 0 aliphatic rings. The first-order chi connectivity index (χ1) is 4.76. The summed E-state index contributed by atoms with van der Waals surface area (Å²) in [6, 6.07) is 1.89. The van der Waals surface area contributed by atoms with Gasteiger partial charge >= 0.3 is 0 Å². The molecule has 0 aromatic heterocycles. The molecule has 0 N–H and O–H groups in total. The highest BCUT2D eigenvalue weighted by Crippen LogP contribution is 1.96. The minimum atomic E-state index is -0.454. The molecule has 4 nitrogen and oxygen atoms in total. The topological polar surface area (TPSA) is 69.2 Å². The lowest BCUT2D eigenvalue weighted by Crippen LogP contribution is -2.10. The lowest BCUT2D eigenvalue weighted by Gasteiger charge is -2.01. The van der Waals surface area contributed by atoms with E-state index < -0.39 is 5.92 Å². The Morgan fingerprint density at radius 1 is 1.60 bits per heavy atom. The van der Waals surface area contributed by atoms with E-state index in [4.69, 9.17) is 10.5 Å². The Bertz CT molecular complexity index is 208. The average molecular weight is 137 g/mol. The SMILES string of the molecule is CO/C(=N/C#N)C(C)C#N. The van der Waals surface area contributed by atoms with Gasteiger partial charge in [-0.25, -0.2) is 0 Å². The van der Waals surface area contributed by atoms with Crippen LogP contribution in [-0.2, 0) is 4.74 Å². The minimum Gasteiger partial charge on any atom is -0.483 e. The van der Waals surface area contributed by atoms with E-state index in [0.717, 1.165) is 0 Å². The van der Waals surface area contributed by atoms with Crippen molar-refractivity contribution in [2.24, 2.45) is 10.9 Å². The fourth-order valence-electron chi connectivity index (χ4n) is 0.424. The van der Waals surface area contributed by atoms with E-state index >= 15 is 0 Å². The van der Waals surface area contributed by atoms with Gasteiger partial charge in [0.25, 0.3) is 0 Å². The molecule has 1 atom stereocenters. The third-order valence-corrected chi connectivity index (χ3v) is 0.933. The Balaban J connectivity index is 4.27. The van der Waals surface area contributed by atoms with E-state index in [1.165, 1.54) is 7.11 Å². The van der Waals surface area contributed by atoms with Crippen molar-refractivity contribution < 1.29 is 4.74 Å². The number of hydrogen-bond donors (Lipinski definition) is 0. The molecular weight excluding hydrogens is 130 g/mol. The molecule has 0 fully saturated rings. The summed E-state index contributed by atoms with van der Waals surface area (Å²) in [7, 11) is 1.38. The molecule has 1 unspecified atom stereocenters. The summed E-state index contributed by atoms with van der Waals surface area (Å²) < 4.78 is 4.65. The van der Waals surface area contributed by atoms with Crippen LogP contribution in [-0.4, -0.2) is 13.0 Å². The highest BCUT2D eigenvalue weighted by molar-refractivity contribution is 5.81. The molecule has 0 saturated heterocycles. The zero-order valence-electron chi connectivity index (χ0n) is 5.83. The number of methoxy groups -OCH3 is 1. The summed E-state index contributed by atoms with van der Waals surface area (Å²) in [5.74, 6) is -0.297. The lowest BCUT2D eigenvalue weighted by atomic mass is 10.2. The van der Waals surface area contributed by atoms with Gasteiger partial charge in [0.2, 0.25) is 12.1 Å². The van der Waals surface area contributed by atoms with Crippen LogP contribution in [0.2, 0.25) is 0 Å². The van der Waals surface area contributed by atoms with Crippen molar-refractivity contribution in [1.82, 2.24) is 0 Å². The van der Waals surface area contributed by atoms with Crippen LogP contribution in [0.1, 0.15) is 6.92 Å². The molecule has 0 radical (unpaired) electrons. The fourth-order valence-corrected chi connectivity index (χ4v) is 0.424. The van der Waals surface area contributed by atoms with E-state index in [9.17, 15) is 0 Å². The minimum absolute atomic E-state index is 0.157. The summed E-state index contributed by atoms with van der Waals surface area (Å²) in [4.78, 5) is 3.29. The Morgan fingerprint density at radius 2 is 2.20 bits per heavy atom. The number of ether oxygens (including phenoxy) is 1. The smallest absolute Gasteiger partial charge is 0.216 e. The van der Waals surface area contributed by atoms with Gasteiger partial charge in [0.15, 0.2) is 0 Å². The first kappa shape index (κ1) is 8.45. The van der Waals surface area contributed by atoms with Gasteiger partial charge in [0, 0.05) is 0 Å². The summed E-state index contributed by atoms with van der Waals surface area (Å²) in [6.45, 7) is 1.61. The Hall–Kier alpha value is -1.55. The van der Waals surface area contributed by atoms with Crippen LogP contribution in [0.25, 0.3) is 0 Å². The molecule has 0 amide bonds. The largest absolute Gasteiger partial charge is 0.483 e. The number of aliphatic imine (C=N–C) groups is 1. The van der Waals surface area contributed by atoms with Gasteiger partial charge in [0.05, 0.1) is 13.2 Å².